The number of halogens is 1. The number of hydrogen-bond acceptors (Lipinski definition) is 2. The van der Waals surface area contributed by atoms with Crippen LogP contribution < -0.4 is 5.06 Å². The summed E-state index contributed by atoms with van der Waals surface area (Å²) in [4.78, 5) is 16.9. The van der Waals surface area contributed by atoms with Gasteiger partial charge in [-0.2, -0.15) is 5.06 Å². The molecular weight excluding hydrogens is 238 g/mol. The van der Waals surface area contributed by atoms with Crippen LogP contribution in [0.15, 0.2) is 18.2 Å². The van der Waals surface area contributed by atoms with Crippen LogP contribution in [0.3, 0.4) is 0 Å². The maximum absolute atomic E-state index is 11.7. The van der Waals surface area contributed by atoms with Crippen molar-refractivity contribution < 1.29 is 9.63 Å². The molecule has 0 aliphatic heterocycles. The molecule has 1 rings (SSSR count). The molecule has 0 aliphatic carbocycles. The number of alkyl halides is 1. The first-order chi connectivity index (χ1) is 8.19. The molecule has 0 heterocycles. The van der Waals surface area contributed by atoms with Crippen LogP contribution in [-0.4, -0.2) is 18.9 Å². The summed E-state index contributed by atoms with van der Waals surface area (Å²) in [7, 11) is 1.48. The van der Waals surface area contributed by atoms with Crippen LogP contribution in [0.25, 0.3) is 0 Å². The van der Waals surface area contributed by atoms with Crippen LogP contribution >= 0.6 is 11.6 Å². The van der Waals surface area contributed by atoms with Crippen molar-refractivity contribution in [1.29, 1.82) is 0 Å². The molecule has 0 bridgehead atoms. The Kier molecular flexibility index (Phi) is 5.45. The number of benzene rings is 1. The maximum atomic E-state index is 11.7. The van der Waals surface area contributed by atoms with Crippen molar-refractivity contribution in [3.05, 3.63) is 29.3 Å². The largest absolute Gasteiger partial charge is 0.271 e. The lowest BCUT2D eigenvalue weighted by Gasteiger charge is -2.24. The first kappa shape index (κ1) is 14.0. The smallest absolute Gasteiger partial charge is 0.265 e. The Balaban J connectivity index is 3.29. The summed E-state index contributed by atoms with van der Waals surface area (Å²) < 4.78 is 0. The number of anilines is 1. The molecule has 1 amide bonds. The van der Waals surface area contributed by atoms with Gasteiger partial charge in [0.25, 0.3) is 5.91 Å². The fraction of sp³-hybridized carbons (Fsp3) is 0.462. The molecule has 0 spiro atoms. The quantitative estimate of drug-likeness (QED) is 0.598. The van der Waals surface area contributed by atoms with Gasteiger partial charge in [-0.25, -0.2) is 0 Å². The molecule has 0 fully saturated rings. The zero-order valence-electron chi connectivity index (χ0n) is 10.5. The summed E-state index contributed by atoms with van der Waals surface area (Å²) in [5.74, 6) is -0.334. The molecule has 0 aliphatic rings. The summed E-state index contributed by atoms with van der Waals surface area (Å²) in [5, 5.41) is 1.30. The van der Waals surface area contributed by atoms with Crippen molar-refractivity contribution >= 4 is 23.2 Å². The minimum absolute atomic E-state index is 0.0883. The second-order valence-corrected chi connectivity index (χ2v) is 3.90. The van der Waals surface area contributed by atoms with Crippen LogP contribution in [0.4, 0.5) is 5.69 Å². The van der Waals surface area contributed by atoms with E-state index in [9.17, 15) is 4.79 Å². The van der Waals surface area contributed by atoms with Crippen molar-refractivity contribution in [3.63, 3.8) is 0 Å². The van der Waals surface area contributed by atoms with E-state index in [-0.39, 0.29) is 11.8 Å². The van der Waals surface area contributed by atoms with E-state index in [1.54, 1.807) is 0 Å². The monoisotopic (exact) mass is 255 g/mol. The maximum Gasteiger partial charge on any atom is 0.265 e. The van der Waals surface area contributed by atoms with Crippen LogP contribution in [-0.2, 0) is 22.5 Å². The van der Waals surface area contributed by atoms with Gasteiger partial charge >= 0.3 is 0 Å². The summed E-state index contributed by atoms with van der Waals surface area (Å²) in [5.41, 5.74) is 3.01. The van der Waals surface area contributed by atoms with Gasteiger partial charge in [-0.15, -0.1) is 11.6 Å². The SMILES string of the molecule is CCc1cccc(CC)c1N(OC)C(=O)CCl. The van der Waals surface area contributed by atoms with Gasteiger partial charge in [-0.05, 0) is 24.0 Å². The molecule has 17 heavy (non-hydrogen) atoms. The van der Waals surface area contributed by atoms with Crippen LogP contribution in [0.2, 0.25) is 0 Å². The van der Waals surface area contributed by atoms with Crippen molar-refractivity contribution in [1.82, 2.24) is 0 Å². The highest BCUT2D eigenvalue weighted by Gasteiger charge is 2.20. The number of amides is 1. The molecule has 0 atom stereocenters. The summed E-state index contributed by atoms with van der Waals surface area (Å²) in [6, 6.07) is 6.00. The average molecular weight is 256 g/mol. The van der Waals surface area contributed by atoms with E-state index in [0.29, 0.717) is 0 Å². The number of aryl methyl sites for hydroxylation is 2. The Morgan fingerprint density at radius 2 is 1.82 bits per heavy atom. The molecule has 94 valence electrons. The second-order valence-electron chi connectivity index (χ2n) is 3.64. The van der Waals surface area contributed by atoms with Gasteiger partial charge in [-0.1, -0.05) is 32.0 Å². The second kappa shape index (κ2) is 6.62. The van der Waals surface area contributed by atoms with E-state index in [1.165, 1.54) is 12.2 Å². The van der Waals surface area contributed by atoms with Gasteiger partial charge < -0.3 is 0 Å². The zero-order chi connectivity index (χ0) is 12.8. The minimum atomic E-state index is -0.246. The number of carbonyl (C=O) groups is 1. The molecule has 0 saturated heterocycles. The van der Waals surface area contributed by atoms with Gasteiger partial charge in [0.15, 0.2) is 0 Å². The minimum Gasteiger partial charge on any atom is -0.271 e. The van der Waals surface area contributed by atoms with Crippen molar-refractivity contribution in [2.24, 2.45) is 0 Å². The number of hydrogen-bond donors (Lipinski definition) is 0. The fourth-order valence-electron chi connectivity index (χ4n) is 1.85. The van der Waals surface area contributed by atoms with Gasteiger partial charge in [0.2, 0.25) is 0 Å². The lowest BCUT2D eigenvalue weighted by Crippen LogP contribution is -2.32. The molecule has 1 aromatic carbocycles. The molecule has 0 radical (unpaired) electrons. The lowest BCUT2D eigenvalue weighted by molar-refractivity contribution is -0.122. The Morgan fingerprint density at radius 3 is 2.18 bits per heavy atom. The standard InChI is InChI=1S/C13H18ClNO2/c1-4-10-7-6-8-11(5-2)13(10)15(17-3)12(16)9-14/h6-8H,4-5,9H2,1-3H3. The Bertz CT molecular complexity index is 371. The molecular formula is C13H18ClNO2. The van der Waals surface area contributed by atoms with Gasteiger partial charge in [0.1, 0.15) is 5.88 Å². The Morgan fingerprint density at radius 1 is 1.29 bits per heavy atom. The van der Waals surface area contributed by atoms with Crippen molar-refractivity contribution in [2.75, 3.05) is 18.1 Å². The number of para-hydroxylation sites is 1. The zero-order valence-corrected chi connectivity index (χ0v) is 11.3. The van der Waals surface area contributed by atoms with E-state index in [2.05, 4.69) is 13.8 Å². The van der Waals surface area contributed by atoms with Gasteiger partial charge in [0, 0.05) is 0 Å². The van der Waals surface area contributed by atoms with Crippen LogP contribution in [0.1, 0.15) is 25.0 Å². The molecule has 3 nitrogen and oxygen atoms in total. The third-order valence-electron chi connectivity index (χ3n) is 2.69. The van der Waals surface area contributed by atoms with E-state index < -0.39 is 0 Å². The first-order valence-electron chi connectivity index (χ1n) is 5.73. The highest BCUT2D eigenvalue weighted by Crippen LogP contribution is 2.27. The third-order valence-corrected chi connectivity index (χ3v) is 2.92. The van der Waals surface area contributed by atoms with E-state index in [0.717, 1.165) is 29.7 Å². The van der Waals surface area contributed by atoms with E-state index >= 15 is 0 Å². The molecule has 1 aromatic rings. The summed E-state index contributed by atoms with van der Waals surface area (Å²) >= 11 is 5.60. The number of carbonyl (C=O) groups excluding carboxylic acids is 1. The number of nitrogens with zero attached hydrogens (tertiary/aromatic N) is 1. The Labute approximate surface area is 107 Å². The highest BCUT2D eigenvalue weighted by atomic mass is 35.5. The summed E-state index contributed by atoms with van der Waals surface area (Å²) in [6.45, 7) is 4.11. The highest BCUT2D eigenvalue weighted by molar-refractivity contribution is 6.29. The Hall–Kier alpha value is -1.06. The molecule has 0 aromatic heterocycles. The number of rotatable bonds is 5. The van der Waals surface area contributed by atoms with Crippen LogP contribution in [0.5, 0.6) is 0 Å². The third kappa shape index (κ3) is 2.99. The fourth-order valence-corrected chi connectivity index (χ4v) is 1.96. The van der Waals surface area contributed by atoms with Crippen molar-refractivity contribution in [2.45, 2.75) is 26.7 Å². The lowest BCUT2D eigenvalue weighted by atomic mass is 10.0. The predicted molar refractivity (Wildman–Crippen MR) is 70.4 cm³/mol. The molecule has 0 unspecified atom stereocenters. The average Bonchev–Trinajstić information content (AvgIpc) is 2.39. The molecule has 0 saturated carbocycles. The van der Waals surface area contributed by atoms with Gasteiger partial charge in [0.05, 0.1) is 12.8 Å². The van der Waals surface area contributed by atoms with E-state index in [1.807, 2.05) is 18.2 Å². The van der Waals surface area contributed by atoms with Gasteiger partial charge in [-0.3, -0.25) is 9.63 Å². The van der Waals surface area contributed by atoms with E-state index in [4.69, 9.17) is 16.4 Å². The normalized spacial score (nSPS) is 10.4. The predicted octanol–water partition coefficient (Wildman–Crippen LogP) is 2.94. The summed E-state index contributed by atoms with van der Waals surface area (Å²) in [6.07, 6.45) is 1.69. The number of hydroxylamine groups is 1. The first-order valence-corrected chi connectivity index (χ1v) is 6.26. The topological polar surface area (TPSA) is 29.5 Å². The van der Waals surface area contributed by atoms with Crippen LogP contribution in [0, 0.1) is 0 Å². The molecule has 0 N–H and O–H groups in total. The molecule has 4 heteroatoms. The van der Waals surface area contributed by atoms with Crippen molar-refractivity contribution in [3.8, 4) is 0 Å².